The van der Waals surface area contributed by atoms with Crippen LogP contribution in [0.15, 0.2) is 28.7 Å². The average Bonchev–Trinajstić information content (AvgIpc) is 2.26. The molecule has 1 aromatic carbocycles. The highest BCUT2D eigenvalue weighted by atomic mass is 79.9. The minimum atomic E-state index is 0.651. The molecule has 0 bridgehead atoms. The van der Waals surface area contributed by atoms with E-state index in [0.717, 1.165) is 30.7 Å². The molecule has 0 saturated heterocycles. The maximum Gasteiger partial charge on any atom is 0.0589 e. The number of benzene rings is 1. The highest BCUT2D eigenvalue weighted by Gasteiger charge is 2.05. The summed E-state index contributed by atoms with van der Waals surface area (Å²) in [5.41, 5.74) is 1.29. The summed E-state index contributed by atoms with van der Waals surface area (Å²) in [6, 6.07) is 8.34. The lowest BCUT2D eigenvalue weighted by molar-refractivity contribution is 0.148. The van der Waals surface area contributed by atoms with Gasteiger partial charge in [-0.3, -0.25) is 4.90 Å². The van der Waals surface area contributed by atoms with Crippen molar-refractivity contribution >= 4 is 27.5 Å². The van der Waals surface area contributed by atoms with E-state index in [-0.39, 0.29) is 0 Å². The van der Waals surface area contributed by atoms with Crippen LogP contribution in [0.3, 0.4) is 0 Å². The Morgan fingerprint density at radius 3 is 2.81 bits per heavy atom. The monoisotopic (exact) mass is 305 g/mol. The summed E-state index contributed by atoms with van der Waals surface area (Å²) in [6.07, 6.45) is 0. The van der Waals surface area contributed by atoms with Crippen LogP contribution in [0.25, 0.3) is 0 Å². The van der Waals surface area contributed by atoms with Crippen molar-refractivity contribution in [3.05, 3.63) is 34.3 Å². The van der Waals surface area contributed by atoms with Crippen LogP contribution in [0.1, 0.15) is 5.56 Å². The lowest BCUT2D eigenvalue weighted by atomic mass is 10.2. The largest absolute Gasteiger partial charge is 0.383 e. The lowest BCUT2D eigenvalue weighted by Crippen LogP contribution is -2.28. The normalized spacial score (nSPS) is 11.0. The predicted octanol–water partition coefficient (Wildman–Crippen LogP) is 3.14. The van der Waals surface area contributed by atoms with Crippen LogP contribution >= 0.6 is 27.5 Å². The fourth-order valence-corrected chi connectivity index (χ4v) is 2.19. The fraction of sp³-hybridized carbons (Fsp3) is 0.500. The molecule has 0 amide bonds. The van der Waals surface area contributed by atoms with Crippen LogP contribution in [0.5, 0.6) is 0 Å². The van der Waals surface area contributed by atoms with Crippen molar-refractivity contribution in [2.45, 2.75) is 6.54 Å². The average molecular weight is 307 g/mol. The summed E-state index contributed by atoms with van der Waals surface area (Å²) in [5.74, 6) is 0.651. The van der Waals surface area contributed by atoms with Crippen LogP contribution in [0, 0.1) is 0 Å². The van der Waals surface area contributed by atoms with E-state index in [0.29, 0.717) is 5.88 Å². The molecule has 0 heterocycles. The molecule has 0 aliphatic carbocycles. The van der Waals surface area contributed by atoms with Gasteiger partial charge in [0.05, 0.1) is 6.61 Å². The van der Waals surface area contributed by atoms with E-state index in [1.54, 1.807) is 7.11 Å². The van der Waals surface area contributed by atoms with E-state index >= 15 is 0 Å². The van der Waals surface area contributed by atoms with E-state index < -0.39 is 0 Å². The molecule has 1 aromatic rings. The van der Waals surface area contributed by atoms with Gasteiger partial charge in [-0.25, -0.2) is 0 Å². The Bertz CT molecular complexity index is 309. The summed E-state index contributed by atoms with van der Waals surface area (Å²) in [5, 5.41) is 0. The van der Waals surface area contributed by atoms with Crippen molar-refractivity contribution in [3.8, 4) is 0 Å². The van der Waals surface area contributed by atoms with Gasteiger partial charge in [0, 0.05) is 37.1 Å². The maximum atomic E-state index is 5.78. The van der Waals surface area contributed by atoms with Gasteiger partial charge in [0.15, 0.2) is 0 Å². The van der Waals surface area contributed by atoms with Gasteiger partial charge in [-0.05, 0) is 17.7 Å². The number of hydrogen-bond acceptors (Lipinski definition) is 2. The summed E-state index contributed by atoms with van der Waals surface area (Å²) < 4.78 is 6.20. The number of methoxy groups -OCH3 is 1. The van der Waals surface area contributed by atoms with Crippen molar-refractivity contribution in [3.63, 3.8) is 0 Å². The smallest absolute Gasteiger partial charge is 0.0589 e. The Kier molecular flexibility index (Phi) is 7.05. The van der Waals surface area contributed by atoms with Gasteiger partial charge in [-0.15, -0.1) is 11.6 Å². The van der Waals surface area contributed by atoms with Crippen molar-refractivity contribution in [1.29, 1.82) is 0 Å². The zero-order chi connectivity index (χ0) is 11.8. The second-order valence-corrected chi connectivity index (χ2v) is 4.88. The van der Waals surface area contributed by atoms with Crippen LogP contribution < -0.4 is 0 Å². The van der Waals surface area contributed by atoms with Crippen LogP contribution in [-0.4, -0.2) is 37.6 Å². The van der Waals surface area contributed by atoms with Crippen molar-refractivity contribution < 1.29 is 4.74 Å². The fourth-order valence-electron chi connectivity index (χ4n) is 1.50. The molecule has 0 radical (unpaired) electrons. The molecule has 0 saturated carbocycles. The molecule has 0 spiro atoms. The number of ether oxygens (including phenoxy) is 1. The summed E-state index contributed by atoms with van der Waals surface area (Å²) >= 11 is 9.26. The Morgan fingerprint density at radius 1 is 1.38 bits per heavy atom. The molecule has 0 fully saturated rings. The van der Waals surface area contributed by atoms with Gasteiger partial charge in [0.25, 0.3) is 0 Å². The molecular formula is C12H17BrClNO. The third-order valence-electron chi connectivity index (χ3n) is 2.31. The molecule has 0 aliphatic heterocycles. The second kappa shape index (κ2) is 8.07. The van der Waals surface area contributed by atoms with Gasteiger partial charge >= 0.3 is 0 Å². The highest BCUT2D eigenvalue weighted by Crippen LogP contribution is 2.13. The topological polar surface area (TPSA) is 12.5 Å². The standard InChI is InChI=1S/C12H17BrClNO/c1-16-8-7-15(6-5-14)10-11-3-2-4-12(13)9-11/h2-4,9H,5-8,10H2,1H3. The first-order valence-corrected chi connectivity index (χ1v) is 6.60. The third kappa shape index (κ3) is 5.30. The van der Waals surface area contributed by atoms with Gasteiger partial charge in [-0.2, -0.15) is 0 Å². The first-order valence-electron chi connectivity index (χ1n) is 5.28. The Hall–Kier alpha value is -0.0900. The zero-order valence-corrected chi connectivity index (χ0v) is 11.8. The van der Waals surface area contributed by atoms with Gasteiger partial charge in [0.1, 0.15) is 0 Å². The maximum absolute atomic E-state index is 5.78. The molecule has 2 nitrogen and oxygen atoms in total. The van der Waals surface area contributed by atoms with Gasteiger partial charge in [0.2, 0.25) is 0 Å². The predicted molar refractivity (Wildman–Crippen MR) is 72.0 cm³/mol. The minimum Gasteiger partial charge on any atom is -0.383 e. The van der Waals surface area contributed by atoms with Gasteiger partial charge < -0.3 is 4.74 Å². The number of halogens is 2. The molecule has 0 atom stereocenters. The van der Waals surface area contributed by atoms with E-state index in [9.17, 15) is 0 Å². The van der Waals surface area contributed by atoms with Crippen LogP contribution in [-0.2, 0) is 11.3 Å². The highest BCUT2D eigenvalue weighted by molar-refractivity contribution is 9.10. The number of hydrogen-bond donors (Lipinski definition) is 0. The van der Waals surface area contributed by atoms with E-state index in [2.05, 4.69) is 39.0 Å². The molecule has 16 heavy (non-hydrogen) atoms. The Morgan fingerprint density at radius 2 is 2.19 bits per heavy atom. The zero-order valence-electron chi connectivity index (χ0n) is 9.46. The lowest BCUT2D eigenvalue weighted by Gasteiger charge is -2.20. The molecule has 0 aliphatic rings. The minimum absolute atomic E-state index is 0.651. The summed E-state index contributed by atoms with van der Waals surface area (Å²) in [6.45, 7) is 3.45. The molecule has 1 rings (SSSR count). The number of rotatable bonds is 7. The summed E-state index contributed by atoms with van der Waals surface area (Å²) in [7, 11) is 1.72. The number of nitrogens with zero attached hydrogens (tertiary/aromatic N) is 1. The molecule has 0 aromatic heterocycles. The molecule has 4 heteroatoms. The molecular weight excluding hydrogens is 289 g/mol. The first-order chi connectivity index (χ1) is 7.76. The first kappa shape index (κ1) is 14.0. The Labute approximate surface area is 111 Å². The third-order valence-corrected chi connectivity index (χ3v) is 2.97. The molecule has 0 unspecified atom stereocenters. The van der Waals surface area contributed by atoms with Crippen LogP contribution in [0.4, 0.5) is 0 Å². The van der Waals surface area contributed by atoms with Crippen molar-refractivity contribution in [2.24, 2.45) is 0 Å². The van der Waals surface area contributed by atoms with Gasteiger partial charge in [-0.1, -0.05) is 28.1 Å². The van der Waals surface area contributed by atoms with Crippen molar-refractivity contribution in [1.82, 2.24) is 4.90 Å². The SMILES string of the molecule is COCCN(CCCl)Cc1cccc(Br)c1. The summed E-state index contributed by atoms with van der Waals surface area (Å²) in [4.78, 5) is 2.29. The number of alkyl halides is 1. The Balaban J connectivity index is 2.52. The molecule has 90 valence electrons. The van der Waals surface area contributed by atoms with E-state index in [1.165, 1.54) is 5.56 Å². The quantitative estimate of drug-likeness (QED) is 0.718. The van der Waals surface area contributed by atoms with Crippen LogP contribution in [0.2, 0.25) is 0 Å². The molecule has 0 N–H and O–H groups in total. The van der Waals surface area contributed by atoms with E-state index in [4.69, 9.17) is 16.3 Å². The van der Waals surface area contributed by atoms with Crippen molar-refractivity contribution in [2.75, 3.05) is 32.7 Å². The second-order valence-electron chi connectivity index (χ2n) is 3.59. The van der Waals surface area contributed by atoms with E-state index in [1.807, 2.05) is 6.07 Å².